The van der Waals surface area contributed by atoms with Gasteiger partial charge in [-0.05, 0) is 58.1 Å². The van der Waals surface area contributed by atoms with Gasteiger partial charge < -0.3 is 14.6 Å². The molecule has 3 heteroatoms. The molecule has 0 unspecified atom stereocenters. The molecule has 0 saturated carbocycles. The monoisotopic (exact) mass is 292 g/mol. The van der Waals surface area contributed by atoms with E-state index >= 15 is 0 Å². The molecule has 1 aliphatic rings. The third kappa shape index (κ3) is 3.34. The van der Waals surface area contributed by atoms with E-state index in [9.17, 15) is 5.11 Å². The van der Waals surface area contributed by atoms with Gasteiger partial charge in [0, 0.05) is 17.7 Å². The third-order valence-corrected chi connectivity index (χ3v) is 4.43. The van der Waals surface area contributed by atoms with E-state index in [4.69, 9.17) is 9.47 Å². The van der Waals surface area contributed by atoms with Gasteiger partial charge in [0.1, 0.15) is 17.1 Å². The van der Waals surface area contributed by atoms with E-state index in [1.165, 1.54) is 0 Å². The Hall–Kier alpha value is -1.22. The van der Waals surface area contributed by atoms with Crippen LogP contribution in [0.5, 0.6) is 11.5 Å². The van der Waals surface area contributed by atoms with E-state index in [1.807, 2.05) is 13.8 Å². The molecule has 0 radical (unpaired) electrons. The highest BCUT2D eigenvalue weighted by Gasteiger charge is 2.31. The first-order valence-corrected chi connectivity index (χ1v) is 7.98. The van der Waals surface area contributed by atoms with Crippen molar-refractivity contribution in [2.45, 2.75) is 72.5 Å². The average Bonchev–Trinajstić information content (AvgIpc) is 2.44. The summed E-state index contributed by atoms with van der Waals surface area (Å²) < 4.78 is 11.9. The summed E-state index contributed by atoms with van der Waals surface area (Å²) in [5.41, 5.74) is 3.86. The van der Waals surface area contributed by atoms with E-state index in [2.05, 4.69) is 20.8 Å². The van der Waals surface area contributed by atoms with Gasteiger partial charge in [-0.3, -0.25) is 0 Å². The smallest absolute Gasteiger partial charge is 0.127 e. The van der Waals surface area contributed by atoms with Crippen LogP contribution >= 0.6 is 0 Å². The number of fused-ring (bicyclic) bond motifs is 1. The number of phenolic OH excluding ortho intramolecular Hbond substituents is 1. The molecule has 21 heavy (non-hydrogen) atoms. The Morgan fingerprint density at radius 2 is 1.95 bits per heavy atom. The average molecular weight is 292 g/mol. The van der Waals surface area contributed by atoms with Crippen molar-refractivity contribution in [3.8, 4) is 11.5 Å². The minimum absolute atomic E-state index is 0.137. The van der Waals surface area contributed by atoms with Crippen LogP contribution in [0.3, 0.4) is 0 Å². The molecule has 0 aliphatic carbocycles. The van der Waals surface area contributed by atoms with Crippen LogP contribution in [0.1, 0.15) is 62.3 Å². The summed E-state index contributed by atoms with van der Waals surface area (Å²) in [6.07, 6.45) is 4.07. The highest BCUT2D eigenvalue weighted by atomic mass is 16.5. The van der Waals surface area contributed by atoms with Crippen LogP contribution in [0.4, 0.5) is 0 Å². The standard InChI is InChI=1S/C18H28O3/c1-6-7-10-20-11-15-14-8-9-18(4,5)21-17(14)13(3)12(2)16(15)19/h19H,6-11H2,1-5H3. The molecule has 0 atom stereocenters. The Bertz CT molecular complexity index is 518. The molecule has 118 valence electrons. The number of ether oxygens (including phenoxy) is 2. The van der Waals surface area contributed by atoms with E-state index in [0.717, 1.165) is 60.3 Å². The lowest BCUT2D eigenvalue weighted by Gasteiger charge is -2.35. The van der Waals surface area contributed by atoms with Crippen molar-refractivity contribution in [2.24, 2.45) is 0 Å². The van der Waals surface area contributed by atoms with Gasteiger partial charge in [0.05, 0.1) is 6.61 Å². The fourth-order valence-corrected chi connectivity index (χ4v) is 2.81. The van der Waals surface area contributed by atoms with Crippen LogP contribution in [-0.4, -0.2) is 17.3 Å². The molecule has 2 rings (SSSR count). The van der Waals surface area contributed by atoms with Crippen molar-refractivity contribution in [2.75, 3.05) is 6.61 Å². The van der Waals surface area contributed by atoms with E-state index in [-0.39, 0.29) is 5.60 Å². The second kappa shape index (κ2) is 6.27. The normalized spacial score (nSPS) is 16.4. The fraction of sp³-hybridized carbons (Fsp3) is 0.667. The summed E-state index contributed by atoms with van der Waals surface area (Å²) >= 11 is 0. The molecule has 1 aromatic rings. The van der Waals surface area contributed by atoms with Gasteiger partial charge >= 0.3 is 0 Å². The van der Waals surface area contributed by atoms with Gasteiger partial charge in [-0.1, -0.05) is 13.3 Å². The molecule has 0 fully saturated rings. The number of hydrogen-bond donors (Lipinski definition) is 1. The minimum atomic E-state index is -0.137. The van der Waals surface area contributed by atoms with Gasteiger partial charge in [0.25, 0.3) is 0 Å². The van der Waals surface area contributed by atoms with Gasteiger partial charge in [-0.2, -0.15) is 0 Å². The molecular weight excluding hydrogens is 264 g/mol. The first-order chi connectivity index (χ1) is 9.87. The Balaban J connectivity index is 2.34. The summed E-state index contributed by atoms with van der Waals surface area (Å²) in [5, 5.41) is 10.5. The van der Waals surface area contributed by atoms with Gasteiger partial charge in [0.2, 0.25) is 0 Å². The first-order valence-electron chi connectivity index (χ1n) is 7.98. The van der Waals surface area contributed by atoms with Crippen molar-refractivity contribution in [1.29, 1.82) is 0 Å². The second-order valence-electron chi connectivity index (χ2n) is 6.65. The molecule has 1 heterocycles. The molecular formula is C18H28O3. The molecule has 0 bridgehead atoms. The number of aromatic hydroxyl groups is 1. The molecule has 0 spiro atoms. The number of phenols is 1. The molecule has 1 aromatic carbocycles. The van der Waals surface area contributed by atoms with Crippen LogP contribution in [0.2, 0.25) is 0 Å². The van der Waals surface area contributed by atoms with Crippen LogP contribution in [0, 0.1) is 13.8 Å². The van der Waals surface area contributed by atoms with Crippen LogP contribution in [0.15, 0.2) is 0 Å². The maximum Gasteiger partial charge on any atom is 0.127 e. The highest BCUT2D eigenvalue weighted by molar-refractivity contribution is 5.58. The minimum Gasteiger partial charge on any atom is -0.507 e. The van der Waals surface area contributed by atoms with Gasteiger partial charge in [-0.15, -0.1) is 0 Å². The topological polar surface area (TPSA) is 38.7 Å². The molecule has 1 aliphatic heterocycles. The molecule has 0 saturated heterocycles. The number of rotatable bonds is 5. The zero-order chi connectivity index (χ0) is 15.6. The molecule has 0 amide bonds. The third-order valence-electron chi connectivity index (χ3n) is 4.43. The van der Waals surface area contributed by atoms with Crippen molar-refractivity contribution in [3.05, 3.63) is 22.3 Å². The lowest BCUT2D eigenvalue weighted by Crippen LogP contribution is -2.33. The zero-order valence-electron chi connectivity index (χ0n) is 14.0. The van der Waals surface area contributed by atoms with Crippen molar-refractivity contribution in [1.82, 2.24) is 0 Å². The lowest BCUT2D eigenvalue weighted by molar-refractivity contribution is 0.0795. The fourth-order valence-electron chi connectivity index (χ4n) is 2.81. The van der Waals surface area contributed by atoms with Crippen molar-refractivity contribution in [3.63, 3.8) is 0 Å². The quantitative estimate of drug-likeness (QED) is 0.816. The maximum atomic E-state index is 10.5. The second-order valence-corrected chi connectivity index (χ2v) is 6.65. The number of benzene rings is 1. The SMILES string of the molecule is CCCCOCc1c(O)c(C)c(C)c2c1CCC(C)(C)O2. The Morgan fingerprint density at radius 3 is 2.62 bits per heavy atom. The Labute approximate surface area is 128 Å². The highest BCUT2D eigenvalue weighted by Crippen LogP contribution is 2.43. The number of unbranched alkanes of at least 4 members (excludes halogenated alkanes) is 1. The van der Waals surface area contributed by atoms with E-state index in [1.54, 1.807) is 0 Å². The van der Waals surface area contributed by atoms with Crippen molar-refractivity contribution < 1.29 is 14.6 Å². The Kier molecular flexibility index (Phi) is 4.82. The van der Waals surface area contributed by atoms with Crippen LogP contribution in [0.25, 0.3) is 0 Å². The molecule has 0 aromatic heterocycles. The predicted octanol–water partition coefficient (Wildman–Crippen LogP) is 4.43. The maximum absolute atomic E-state index is 10.5. The summed E-state index contributed by atoms with van der Waals surface area (Å²) in [4.78, 5) is 0. The van der Waals surface area contributed by atoms with Crippen molar-refractivity contribution >= 4 is 0 Å². The van der Waals surface area contributed by atoms with Crippen LogP contribution < -0.4 is 4.74 Å². The van der Waals surface area contributed by atoms with Crippen LogP contribution in [-0.2, 0) is 17.8 Å². The summed E-state index contributed by atoms with van der Waals surface area (Å²) in [6, 6.07) is 0. The number of hydrogen-bond acceptors (Lipinski definition) is 3. The summed E-state index contributed by atoms with van der Waals surface area (Å²) in [6.45, 7) is 11.6. The van der Waals surface area contributed by atoms with Gasteiger partial charge in [0.15, 0.2) is 0 Å². The molecule has 3 nitrogen and oxygen atoms in total. The summed E-state index contributed by atoms with van der Waals surface area (Å²) in [7, 11) is 0. The van der Waals surface area contributed by atoms with E-state index < -0.39 is 0 Å². The summed E-state index contributed by atoms with van der Waals surface area (Å²) in [5.74, 6) is 1.33. The Morgan fingerprint density at radius 1 is 1.24 bits per heavy atom. The first kappa shape index (κ1) is 16.2. The lowest BCUT2D eigenvalue weighted by atomic mass is 9.87. The largest absolute Gasteiger partial charge is 0.507 e. The van der Waals surface area contributed by atoms with Gasteiger partial charge in [-0.25, -0.2) is 0 Å². The van der Waals surface area contributed by atoms with E-state index in [0.29, 0.717) is 12.4 Å². The zero-order valence-corrected chi connectivity index (χ0v) is 14.0. The predicted molar refractivity (Wildman–Crippen MR) is 85.2 cm³/mol. The molecule has 1 N–H and O–H groups in total.